The van der Waals surface area contributed by atoms with Gasteiger partial charge in [0, 0.05) is 29.3 Å². The number of nitrogens with zero attached hydrogens (tertiary/aromatic N) is 4. The number of hydrogen-bond acceptors (Lipinski definition) is 6. The zero-order valence-corrected chi connectivity index (χ0v) is 19.6. The van der Waals surface area contributed by atoms with E-state index in [9.17, 15) is 18.0 Å². The van der Waals surface area contributed by atoms with Crippen LogP contribution in [0.25, 0.3) is 10.9 Å². The molecule has 0 atom stereocenters. The summed E-state index contributed by atoms with van der Waals surface area (Å²) in [5.74, 6) is 0.202. The van der Waals surface area contributed by atoms with E-state index < -0.39 is 17.8 Å². The first kappa shape index (κ1) is 23.4. The molecule has 1 aliphatic heterocycles. The molecular formula is C27H22F3N5O2. The van der Waals surface area contributed by atoms with E-state index in [1.807, 2.05) is 24.3 Å². The number of amides is 1. The van der Waals surface area contributed by atoms with Gasteiger partial charge in [0.25, 0.3) is 5.91 Å². The Balaban J connectivity index is 1.40. The minimum atomic E-state index is -4.59. The number of aromatic nitrogens is 3. The second-order valence-corrected chi connectivity index (χ2v) is 9.30. The van der Waals surface area contributed by atoms with E-state index in [0.717, 1.165) is 58.9 Å². The molecule has 0 spiro atoms. The Labute approximate surface area is 210 Å². The Bertz CT molecular complexity index is 1520. The van der Waals surface area contributed by atoms with Crippen molar-refractivity contribution in [1.29, 1.82) is 0 Å². The molecule has 0 bridgehead atoms. The van der Waals surface area contributed by atoms with E-state index in [0.29, 0.717) is 30.2 Å². The lowest BCUT2D eigenvalue weighted by Gasteiger charge is -2.25. The highest BCUT2D eigenvalue weighted by atomic mass is 19.4. The molecule has 1 aromatic carbocycles. The van der Waals surface area contributed by atoms with Crippen LogP contribution in [0.1, 0.15) is 57.2 Å². The van der Waals surface area contributed by atoms with Crippen molar-refractivity contribution in [3.63, 3.8) is 0 Å². The highest BCUT2D eigenvalue weighted by Gasteiger charge is 2.34. The van der Waals surface area contributed by atoms with Gasteiger partial charge in [-0.1, -0.05) is 12.1 Å². The average molecular weight is 506 g/mol. The molecule has 1 aliphatic carbocycles. The molecule has 37 heavy (non-hydrogen) atoms. The van der Waals surface area contributed by atoms with E-state index in [4.69, 9.17) is 10.5 Å². The lowest BCUT2D eigenvalue weighted by atomic mass is 10.0. The van der Waals surface area contributed by atoms with Crippen LogP contribution in [-0.2, 0) is 30.7 Å². The van der Waals surface area contributed by atoms with Crippen LogP contribution in [0, 0.1) is 0 Å². The third-order valence-corrected chi connectivity index (χ3v) is 6.75. The lowest BCUT2D eigenvalue weighted by molar-refractivity contribution is -0.141. The summed E-state index contributed by atoms with van der Waals surface area (Å²) < 4.78 is 44.6. The van der Waals surface area contributed by atoms with Crippen molar-refractivity contribution < 1.29 is 22.7 Å². The van der Waals surface area contributed by atoms with Crippen LogP contribution >= 0.6 is 0 Å². The van der Waals surface area contributed by atoms with E-state index >= 15 is 0 Å². The molecule has 2 N–H and O–H groups in total. The van der Waals surface area contributed by atoms with Crippen molar-refractivity contribution in [3.8, 4) is 0 Å². The van der Waals surface area contributed by atoms with Gasteiger partial charge < -0.3 is 15.4 Å². The number of ether oxygens (including phenoxy) is 1. The monoisotopic (exact) mass is 505 g/mol. The highest BCUT2D eigenvalue weighted by Crippen LogP contribution is 2.43. The Morgan fingerprint density at radius 2 is 1.89 bits per heavy atom. The topological polar surface area (TPSA) is 94.2 Å². The van der Waals surface area contributed by atoms with E-state index in [2.05, 4.69) is 15.0 Å². The Kier molecular flexibility index (Phi) is 5.56. The third kappa shape index (κ3) is 4.37. The second-order valence-electron chi connectivity index (χ2n) is 9.30. The SMILES string of the molecule is Nc1nc2cc(CN(C(=O)c3ccc(C(F)(F)F)nc3)c3cccnc3C3CC3)ccc2c2c1COC2. The van der Waals surface area contributed by atoms with E-state index in [1.54, 1.807) is 17.2 Å². The zero-order chi connectivity index (χ0) is 25.7. The van der Waals surface area contributed by atoms with E-state index in [-0.39, 0.29) is 18.0 Å². The molecule has 188 valence electrons. The summed E-state index contributed by atoms with van der Waals surface area (Å²) in [7, 11) is 0. The number of carbonyl (C=O) groups excluding carboxylic acids is 1. The fourth-order valence-corrected chi connectivity index (χ4v) is 4.72. The predicted octanol–water partition coefficient (Wildman–Crippen LogP) is 5.38. The average Bonchev–Trinajstić information content (AvgIpc) is 3.62. The molecule has 2 aliphatic rings. The van der Waals surface area contributed by atoms with Crippen molar-refractivity contribution in [2.45, 2.75) is 44.7 Å². The van der Waals surface area contributed by atoms with Crippen molar-refractivity contribution in [2.75, 3.05) is 10.6 Å². The van der Waals surface area contributed by atoms with Gasteiger partial charge >= 0.3 is 6.18 Å². The van der Waals surface area contributed by atoms with Gasteiger partial charge in [-0.3, -0.25) is 14.8 Å². The second kappa shape index (κ2) is 8.81. The number of halogens is 3. The number of fused-ring (bicyclic) bond motifs is 3. The largest absolute Gasteiger partial charge is 0.433 e. The van der Waals surface area contributed by atoms with Gasteiger partial charge in [0.15, 0.2) is 0 Å². The Hall–Kier alpha value is -4.05. The van der Waals surface area contributed by atoms with Crippen LogP contribution in [0.3, 0.4) is 0 Å². The summed E-state index contributed by atoms with van der Waals surface area (Å²) >= 11 is 0. The first-order chi connectivity index (χ1) is 17.8. The molecule has 1 amide bonds. The smallest absolute Gasteiger partial charge is 0.383 e. The first-order valence-corrected chi connectivity index (χ1v) is 11.9. The number of anilines is 2. The molecule has 1 saturated carbocycles. The Morgan fingerprint density at radius 1 is 1.08 bits per heavy atom. The summed E-state index contributed by atoms with van der Waals surface area (Å²) in [6.07, 6.45) is 0.0114. The lowest BCUT2D eigenvalue weighted by Crippen LogP contribution is -2.31. The molecule has 7 nitrogen and oxygen atoms in total. The maximum atomic E-state index is 13.7. The van der Waals surface area contributed by atoms with Gasteiger partial charge in [-0.2, -0.15) is 13.2 Å². The highest BCUT2D eigenvalue weighted by molar-refractivity contribution is 6.06. The predicted molar refractivity (Wildman–Crippen MR) is 131 cm³/mol. The fraction of sp³-hybridized carbons (Fsp3) is 0.259. The van der Waals surface area contributed by atoms with Crippen LogP contribution in [0.2, 0.25) is 0 Å². The number of alkyl halides is 3. The molecular weight excluding hydrogens is 483 g/mol. The van der Waals surface area contributed by atoms with Gasteiger partial charge in [-0.05, 0) is 54.3 Å². The minimum Gasteiger partial charge on any atom is -0.383 e. The van der Waals surface area contributed by atoms with Crippen molar-refractivity contribution >= 4 is 28.3 Å². The summed E-state index contributed by atoms with van der Waals surface area (Å²) in [6.45, 7) is 1.06. The number of hydrogen-bond donors (Lipinski definition) is 1. The summed E-state index contributed by atoms with van der Waals surface area (Å²) in [5.41, 5.74) is 9.98. The number of nitrogen functional groups attached to an aromatic ring is 1. The third-order valence-electron chi connectivity index (χ3n) is 6.75. The molecule has 0 saturated heterocycles. The summed E-state index contributed by atoms with van der Waals surface area (Å²) in [6, 6.07) is 11.3. The van der Waals surface area contributed by atoms with Crippen LogP contribution in [-0.4, -0.2) is 20.9 Å². The van der Waals surface area contributed by atoms with Gasteiger partial charge in [0.2, 0.25) is 0 Å². The molecule has 6 rings (SSSR count). The summed E-state index contributed by atoms with van der Waals surface area (Å²) in [4.78, 5) is 27.8. The molecule has 4 aromatic rings. The van der Waals surface area contributed by atoms with Crippen molar-refractivity contribution in [1.82, 2.24) is 15.0 Å². The maximum Gasteiger partial charge on any atom is 0.433 e. The van der Waals surface area contributed by atoms with Gasteiger partial charge in [-0.15, -0.1) is 0 Å². The molecule has 10 heteroatoms. The summed E-state index contributed by atoms with van der Waals surface area (Å²) in [5, 5.41) is 0.940. The first-order valence-electron chi connectivity index (χ1n) is 11.9. The van der Waals surface area contributed by atoms with E-state index in [1.165, 1.54) is 0 Å². The van der Waals surface area contributed by atoms with Gasteiger partial charge in [-0.25, -0.2) is 4.98 Å². The number of pyridine rings is 3. The number of rotatable bonds is 5. The fourth-order valence-electron chi connectivity index (χ4n) is 4.72. The quantitative estimate of drug-likeness (QED) is 0.391. The van der Waals surface area contributed by atoms with Crippen LogP contribution in [0.4, 0.5) is 24.7 Å². The van der Waals surface area contributed by atoms with Gasteiger partial charge in [0.05, 0.1) is 42.2 Å². The van der Waals surface area contributed by atoms with Crippen LogP contribution in [0.5, 0.6) is 0 Å². The Morgan fingerprint density at radius 3 is 2.62 bits per heavy atom. The standard InChI is InChI=1S/C27H22F3N5O2/c28-27(29,30)23-8-6-17(11-33-23)26(36)35(22-2-1-9-32-24(22)16-4-5-16)12-15-3-7-18-19-13-37-14-20(19)25(31)34-21(18)10-15/h1-3,6-11,16H,4-5,12-14H2,(H2,31,34). The van der Waals surface area contributed by atoms with Crippen molar-refractivity contribution in [2.24, 2.45) is 0 Å². The molecule has 0 radical (unpaired) electrons. The molecule has 0 unspecified atom stereocenters. The molecule has 1 fully saturated rings. The number of carbonyl (C=O) groups is 1. The number of benzene rings is 1. The molecule has 4 heterocycles. The minimum absolute atomic E-state index is 0.0525. The van der Waals surface area contributed by atoms with Crippen LogP contribution < -0.4 is 10.6 Å². The number of nitrogens with two attached hydrogens (primary N) is 1. The maximum absolute atomic E-state index is 13.7. The van der Waals surface area contributed by atoms with Crippen molar-refractivity contribution in [3.05, 3.63) is 88.5 Å². The zero-order valence-electron chi connectivity index (χ0n) is 19.6. The normalized spacial score (nSPS) is 15.1. The van der Waals surface area contributed by atoms with Gasteiger partial charge in [0.1, 0.15) is 11.5 Å². The molecule has 3 aromatic heterocycles. The van der Waals surface area contributed by atoms with Crippen LogP contribution in [0.15, 0.2) is 54.9 Å².